The van der Waals surface area contributed by atoms with E-state index >= 15 is 0 Å². The Morgan fingerprint density at radius 2 is 2.00 bits per heavy atom. The predicted molar refractivity (Wildman–Crippen MR) is 105 cm³/mol. The SMILES string of the molecule is Cc1ccc(C)c(C(=O)Nc2nnc(SCc3ccccc3Cl)s2)c1. The van der Waals surface area contributed by atoms with E-state index in [1.165, 1.54) is 11.3 Å². The van der Waals surface area contributed by atoms with Gasteiger partial charge in [0.1, 0.15) is 0 Å². The smallest absolute Gasteiger partial charge is 0.257 e. The maximum absolute atomic E-state index is 12.4. The van der Waals surface area contributed by atoms with E-state index in [0.29, 0.717) is 16.4 Å². The van der Waals surface area contributed by atoms with Crippen molar-refractivity contribution in [2.45, 2.75) is 23.9 Å². The molecule has 0 saturated heterocycles. The molecule has 1 N–H and O–H groups in total. The first kappa shape index (κ1) is 17.9. The largest absolute Gasteiger partial charge is 0.296 e. The van der Waals surface area contributed by atoms with Crippen molar-refractivity contribution in [1.82, 2.24) is 10.2 Å². The van der Waals surface area contributed by atoms with Crippen molar-refractivity contribution in [3.05, 3.63) is 69.7 Å². The van der Waals surface area contributed by atoms with Gasteiger partial charge in [-0.1, -0.05) is 70.6 Å². The van der Waals surface area contributed by atoms with Gasteiger partial charge in [0.25, 0.3) is 5.91 Å². The Morgan fingerprint density at radius 3 is 2.80 bits per heavy atom. The number of rotatable bonds is 5. The maximum Gasteiger partial charge on any atom is 0.257 e. The van der Waals surface area contributed by atoms with E-state index in [4.69, 9.17) is 11.6 Å². The summed E-state index contributed by atoms with van der Waals surface area (Å²) in [6.07, 6.45) is 0. The van der Waals surface area contributed by atoms with Crippen molar-refractivity contribution in [3.8, 4) is 0 Å². The van der Waals surface area contributed by atoms with E-state index in [9.17, 15) is 4.79 Å². The fraction of sp³-hybridized carbons (Fsp3) is 0.167. The number of hydrogen-bond acceptors (Lipinski definition) is 5. The lowest BCUT2D eigenvalue weighted by atomic mass is 10.1. The number of benzene rings is 2. The summed E-state index contributed by atoms with van der Waals surface area (Å²) in [5.74, 6) is 0.541. The number of carbonyl (C=O) groups excluding carboxylic acids is 1. The third-order valence-corrected chi connectivity index (χ3v) is 5.96. The number of aryl methyl sites for hydroxylation is 2. The Morgan fingerprint density at radius 1 is 1.20 bits per heavy atom. The van der Waals surface area contributed by atoms with Gasteiger partial charge >= 0.3 is 0 Å². The van der Waals surface area contributed by atoms with Crippen molar-refractivity contribution in [3.63, 3.8) is 0 Å². The van der Waals surface area contributed by atoms with Crippen LogP contribution in [0.5, 0.6) is 0 Å². The van der Waals surface area contributed by atoms with Crippen molar-refractivity contribution < 1.29 is 4.79 Å². The average Bonchev–Trinajstić information content (AvgIpc) is 3.03. The highest BCUT2D eigenvalue weighted by Gasteiger charge is 2.13. The van der Waals surface area contributed by atoms with Gasteiger partial charge in [0.15, 0.2) is 4.34 Å². The molecule has 0 atom stereocenters. The Labute approximate surface area is 159 Å². The van der Waals surface area contributed by atoms with E-state index in [1.54, 1.807) is 11.8 Å². The van der Waals surface area contributed by atoms with E-state index in [2.05, 4.69) is 15.5 Å². The van der Waals surface area contributed by atoms with Crippen molar-refractivity contribution in [1.29, 1.82) is 0 Å². The molecule has 0 bridgehead atoms. The summed E-state index contributed by atoms with van der Waals surface area (Å²) in [6, 6.07) is 13.5. The lowest BCUT2D eigenvalue weighted by molar-refractivity contribution is 0.102. The van der Waals surface area contributed by atoms with Gasteiger partial charge < -0.3 is 0 Å². The number of aromatic nitrogens is 2. The first-order chi connectivity index (χ1) is 12.0. The Kier molecular flexibility index (Phi) is 5.73. The molecule has 25 heavy (non-hydrogen) atoms. The molecule has 4 nitrogen and oxygen atoms in total. The Balaban J connectivity index is 1.64. The average molecular weight is 390 g/mol. The minimum absolute atomic E-state index is 0.167. The number of hydrogen-bond donors (Lipinski definition) is 1. The number of thioether (sulfide) groups is 1. The van der Waals surface area contributed by atoms with Crippen LogP contribution in [0.4, 0.5) is 5.13 Å². The summed E-state index contributed by atoms with van der Waals surface area (Å²) in [4.78, 5) is 12.4. The molecule has 0 spiro atoms. The van der Waals surface area contributed by atoms with Gasteiger partial charge in [-0.05, 0) is 37.1 Å². The van der Waals surface area contributed by atoms with Gasteiger partial charge in [0.2, 0.25) is 5.13 Å². The topological polar surface area (TPSA) is 54.9 Å². The summed E-state index contributed by atoms with van der Waals surface area (Å²) in [5.41, 5.74) is 3.68. The van der Waals surface area contributed by atoms with Gasteiger partial charge in [0.05, 0.1) is 0 Å². The van der Waals surface area contributed by atoms with E-state index in [0.717, 1.165) is 26.1 Å². The number of carbonyl (C=O) groups is 1. The fourth-order valence-corrected chi connectivity index (χ4v) is 4.25. The second kappa shape index (κ2) is 7.99. The highest BCUT2D eigenvalue weighted by molar-refractivity contribution is 8.00. The van der Waals surface area contributed by atoms with Crippen LogP contribution < -0.4 is 5.32 Å². The van der Waals surface area contributed by atoms with Crippen LogP contribution in [-0.2, 0) is 5.75 Å². The molecule has 0 aliphatic carbocycles. The summed E-state index contributed by atoms with van der Waals surface area (Å²) in [6.45, 7) is 3.88. The zero-order valence-electron chi connectivity index (χ0n) is 13.7. The number of halogens is 1. The number of nitrogens with one attached hydrogen (secondary N) is 1. The van der Waals surface area contributed by atoms with Crippen molar-refractivity contribution >= 4 is 45.7 Å². The molecule has 0 aliphatic rings. The van der Waals surface area contributed by atoms with E-state index in [1.807, 2.05) is 56.3 Å². The molecule has 1 heterocycles. The van der Waals surface area contributed by atoms with Crippen LogP contribution in [0, 0.1) is 13.8 Å². The van der Waals surface area contributed by atoms with Gasteiger partial charge in [-0.3, -0.25) is 10.1 Å². The molecule has 0 saturated carbocycles. The first-order valence-corrected chi connectivity index (χ1v) is 9.79. The van der Waals surface area contributed by atoms with Gasteiger partial charge in [-0.15, -0.1) is 10.2 Å². The summed E-state index contributed by atoms with van der Waals surface area (Å²) in [5, 5.41) is 12.2. The second-order valence-corrected chi connectivity index (χ2v) is 8.13. The normalized spacial score (nSPS) is 10.7. The molecule has 0 fully saturated rings. The van der Waals surface area contributed by atoms with Crippen LogP contribution in [0.1, 0.15) is 27.0 Å². The van der Waals surface area contributed by atoms with Crippen molar-refractivity contribution in [2.75, 3.05) is 5.32 Å². The molecular formula is C18H16ClN3OS2. The fourth-order valence-electron chi connectivity index (χ4n) is 2.22. The summed E-state index contributed by atoms with van der Waals surface area (Å²) >= 11 is 9.06. The van der Waals surface area contributed by atoms with Crippen molar-refractivity contribution in [2.24, 2.45) is 0 Å². The molecule has 0 radical (unpaired) electrons. The van der Waals surface area contributed by atoms with Crippen LogP contribution in [0.25, 0.3) is 0 Å². The van der Waals surface area contributed by atoms with E-state index in [-0.39, 0.29) is 5.91 Å². The minimum atomic E-state index is -0.167. The molecule has 7 heteroatoms. The lowest BCUT2D eigenvalue weighted by Crippen LogP contribution is -2.13. The maximum atomic E-state index is 12.4. The number of amides is 1. The molecule has 128 valence electrons. The Hall–Kier alpha value is -1.89. The summed E-state index contributed by atoms with van der Waals surface area (Å²) in [7, 11) is 0. The monoisotopic (exact) mass is 389 g/mol. The molecule has 0 aliphatic heterocycles. The number of anilines is 1. The van der Waals surface area contributed by atoms with E-state index < -0.39 is 0 Å². The van der Waals surface area contributed by atoms with Crippen LogP contribution >= 0.6 is 34.7 Å². The third-order valence-electron chi connectivity index (χ3n) is 3.57. The van der Waals surface area contributed by atoms with Gasteiger partial charge in [-0.25, -0.2) is 0 Å². The lowest BCUT2D eigenvalue weighted by Gasteiger charge is -2.06. The molecule has 3 rings (SSSR count). The summed E-state index contributed by atoms with van der Waals surface area (Å²) < 4.78 is 0.788. The molecular weight excluding hydrogens is 374 g/mol. The molecule has 0 unspecified atom stereocenters. The first-order valence-electron chi connectivity index (χ1n) is 7.61. The zero-order valence-corrected chi connectivity index (χ0v) is 16.1. The zero-order chi connectivity index (χ0) is 17.8. The number of nitrogens with zero attached hydrogens (tertiary/aromatic N) is 2. The van der Waals surface area contributed by atoms with Gasteiger partial charge in [-0.2, -0.15) is 0 Å². The molecule has 1 aromatic heterocycles. The minimum Gasteiger partial charge on any atom is -0.296 e. The van der Waals surface area contributed by atoms with Crippen LogP contribution in [-0.4, -0.2) is 16.1 Å². The highest BCUT2D eigenvalue weighted by atomic mass is 35.5. The molecule has 2 aromatic carbocycles. The predicted octanol–water partition coefficient (Wildman–Crippen LogP) is 5.35. The highest BCUT2D eigenvalue weighted by Crippen LogP contribution is 2.30. The van der Waals surface area contributed by atoms with Crippen LogP contribution in [0.2, 0.25) is 5.02 Å². The third kappa shape index (κ3) is 4.60. The quantitative estimate of drug-likeness (QED) is 0.471. The van der Waals surface area contributed by atoms with Crippen LogP contribution in [0.15, 0.2) is 46.8 Å². The van der Waals surface area contributed by atoms with Gasteiger partial charge in [0, 0.05) is 16.3 Å². The standard InChI is InChI=1S/C18H16ClN3OS2/c1-11-7-8-12(2)14(9-11)16(23)20-17-21-22-18(25-17)24-10-13-5-3-4-6-15(13)19/h3-9H,10H2,1-2H3,(H,20,21,23). The second-order valence-electron chi connectivity index (χ2n) is 5.53. The van der Waals surface area contributed by atoms with Crippen LogP contribution in [0.3, 0.4) is 0 Å². The molecule has 1 amide bonds. The molecule has 3 aromatic rings. The Bertz CT molecular complexity index is 911.